The molecule has 1 heterocycles. The van der Waals surface area contributed by atoms with Crippen molar-refractivity contribution in [1.29, 1.82) is 0 Å². The molecule has 4 nitrogen and oxygen atoms in total. The molecule has 0 fully saturated rings. The lowest BCUT2D eigenvalue weighted by Gasteiger charge is -2.38. The molecule has 2 amide bonds. The molecule has 142 valence electrons. The first-order valence-electron chi connectivity index (χ1n) is 8.25. The summed E-state index contributed by atoms with van der Waals surface area (Å²) in [7, 11) is 0. The third-order valence-corrected chi connectivity index (χ3v) is 5.23. The maximum absolute atomic E-state index is 13.0. The van der Waals surface area contributed by atoms with Crippen LogP contribution in [-0.4, -0.2) is 23.4 Å². The second kappa shape index (κ2) is 7.26. The Morgan fingerprint density at radius 3 is 2.33 bits per heavy atom. The van der Waals surface area contributed by atoms with Crippen molar-refractivity contribution in [3.05, 3.63) is 59.7 Å². The van der Waals surface area contributed by atoms with Crippen molar-refractivity contribution in [2.45, 2.75) is 35.7 Å². The van der Waals surface area contributed by atoms with Gasteiger partial charge in [-0.2, -0.15) is 13.2 Å². The molecule has 8 heteroatoms. The number of benzene rings is 2. The van der Waals surface area contributed by atoms with Gasteiger partial charge in [0, 0.05) is 22.2 Å². The van der Waals surface area contributed by atoms with E-state index in [2.05, 4.69) is 0 Å². The second-order valence-electron chi connectivity index (χ2n) is 6.35. The molecule has 2 aromatic rings. The van der Waals surface area contributed by atoms with Gasteiger partial charge in [0.1, 0.15) is 0 Å². The Labute approximate surface area is 158 Å². The highest BCUT2D eigenvalue weighted by atomic mass is 32.2. The van der Waals surface area contributed by atoms with Crippen molar-refractivity contribution >= 4 is 29.3 Å². The first kappa shape index (κ1) is 19.3. The number of carbonyl (C=O) groups excluding carboxylic acids is 2. The van der Waals surface area contributed by atoms with Crippen molar-refractivity contribution in [2.75, 3.05) is 4.90 Å². The minimum Gasteiger partial charge on any atom is -0.369 e. The smallest absolute Gasteiger partial charge is 0.369 e. The second-order valence-corrected chi connectivity index (χ2v) is 7.48. The molecular formula is C19H17F3N2O2S. The van der Waals surface area contributed by atoms with Crippen LogP contribution in [-0.2, 0) is 4.79 Å². The molecular weight excluding hydrogens is 377 g/mol. The summed E-state index contributed by atoms with van der Waals surface area (Å²) >= 11 is -0.227. The van der Waals surface area contributed by atoms with E-state index in [1.165, 1.54) is 24.3 Å². The molecule has 27 heavy (non-hydrogen) atoms. The van der Waals surface area contributed by atoms with Crippen molar-refractivity contribution < 1.29 is 22.8 Å². The van der Waals surface area contributed by atoms with E-state index < -0.39 is 17.3 Å². The normalized spacial score (nSPS) is 19.5. The molecule has 1 aliphatic rings. The Kier molecular flexibility index (Phi) is 5.19. The van der Waals surface area contributed by atoms with Gasteiger partial charge < -0.3 is 10.6 Å². The van der Waals surface area contributed by atoms with Crippen LogP contribution in [0.1, 0.15) is 35.2 Å². The molecule has 3 rings (SSSR count). The topological polar surface area (TPSA) is 63.4 Å². The molecule has 0 spiro atoms. The highest BCUT2D eigenvalue weighted by molar-refractivity contribution is 8.00. The first-order valence-corrected chi connectivity index (χ1v) is 9.06. The van der Waals surface area contributed by atoms with Crippen LogP contribution in [0.15, 0.2) is 53.4 Å². The van der Waals surface area contributed by atoms with Crippen LogP contribution in [0, 0.1) is 0 Å². The lowest BCUT2D eigenvalue weighted by Crippen LogP contribution is -2.45. The van der Waals surface area contributed by atoms with Gasteiger partial charge in [0.05, 0.1) is 5.92 Å². The minimum atomic E-state index is -4.38. The number of halogens is 3. The van der Waals surface area contributed by atoms with E-state index in [4.69, 9.17) is 5.73 Å². The first-order chi connectivity index (χ1) is 12.7. The Bertz CT molecular complexity index is 868. The molecule has 0 aromatic heterocycles. The van der Waals surface area contributed by atoms with Gasteiger partial charge >= 0.3 is 5.51 Å². The predicted molar refractivity (Wildman–Crippen MR) is 97.6 cm³/mol. The lowest BCUT2D eigenvalue weighted by atomic mass is 9.85. The van der Waals surface area contributed by atoms with Crippen molar-refractivity contribution in [1.82, 2.24) is 0 Å². The quantitative estimate of drug-likeness (QED) is 0.790. The summed E-state index contributed by atoms with van der Waals surface area (Å²) in [4.78, 5) is 26.4. The molecule has 0 saturated heterocycles. The van der Waals surface area contributed by atoms with E-state index >= 15 is 0 Å². The van der Waals surface area contributed by atoms with Crippen LogP contribution in [0.25, 0.3) is 0 Å². The number of para-hydroxylation sites is 1. The summed E-state index contributed by atoms with van der Waals surface area (Å²) in [5, 5.41) is 0. The number of nitrogens with two attached hydrogens (primary N) is 1. The minimum absolute atomic E-state index is 0.0138. The van der Waals surface area contributed by atoms with Crippen LogP contribution >= 0.6 is 11.8 Å². The highest BCUT2D eigenvalue weighted by Gasteiger charge is 2.36. The molecule has 2 aromatic carbocycles. The van der Waals surface area contributed by atoms with E-state index in [0.717, 1.165) is 0 Å². The third-order valence-electron chi connectivity index (χ3n) is 4.49. The Balaban J connectivity index is 1.92. The summed E-state index contributed by atoms with van der Waals surface area (Å²) in [5.74, 6) is -1.26. The van der Waals surface area contributed by atoms with Gasteiger partial charge in [-0.05, 0) is 61.0 Å². The number of hydrogen-bond acceptors (Lipinski definition) is 3. The van der Waals surface area contributed by atoms with E-state index in [-0.39, 0.29) is 34.2 Å². The lowest BCUT2D eigenvalue weighted by molar-refractivity contribution is -0.119. The van der Waals surface area contributed by atoms with Gasteiger partial charge in [0.2, 0.25) is 5.91 Å². The average Bonchev–Trinajstić information content (AvgIpc) is 2.59. The fourth-order valence-electron chi connectivity index (χ4n) is 3.33. The van der Waals surface area contributed by atoms with Gasteiger partial charge in [-0.15, -0.1) is 0 Å². The third kappa shape index (κ3) is 4.10. The zero-order valence-corrected chi connectivity index (χ0v) is 15.2. The number of nitrogens with zero attached hydrogens (tertiary/aromatic N) is 1. The molecule has 0 saturated carbocycles. The number of amides is 2. The van der Waals surface area contributed by atoms with Crippen molar-refractivity contribution in [3.63, 3.8) is 0 Å². The van der Waals surface area contributed by atoms with E-state index in [1.807, 2.05) is 6.92 Å². The van der Waals surface area contributed by atoms with Crippen LogP contribution in [0.4, 0.5) is 18.9 Å². The van der Waals surface area contributed by atoms with Crippen molar-refractivity contribution in [3.8, 4) is 0 Å². The van der Waals surface area contributed by atoms with E-state index in [9.17, 15) is 22.8 Å². The SMILES string of the molecule is C[C@@H]1C[C@@H](C(N)=O)c2ccccc2N1C(=O)c1ccc(SC(F)(F)F)cc1. The fourth-order valence-corrected chi connectivity index (χ4v) is 3.87. The largest absolute Gasteiger partial charge is 0.446 e. The molecule has 0 unspecified atom stereocenters. The average molecular weight is 394 g/mol. The maximum atomic E-state index is 13.0. The summed E-state index contributed by atoms with van der Waals surface area (Å²) in [6, 6.07) is 12.1. The van der Waals surface area contributed by atoms with E-state index in [0.29, 0.717) is 17.7 Å². The molecule has 0 aliphatic carbocycles. The maximum Gasteiger partial charge on any atom is 0.446 e. The number of rotatable bonds is 3. The van der Waals surface area contributed by atoms with Gasteiger partial charge in [-0.3, -0.25) is 9.59 Å². The number of alkyl halides is 3. The molecule has 0 bridgehead atoms. The number of thioether (sulfide) groups is 1. The summed E-state index contributed by atoms with van der Waals surface area (Å²) in [6.07, 6.45) is 0.389. The van der Waals surface area contributed by atoms with Crippen LogP contribution in [0.2, 0.25) is 0 Å². The van der Waals surface area contributed by atoms with Crippen LogP contribution in [0.5, 0.6) is 0 Å². The zero-order valence-electron chi connectivity index (χ0n) is 14.4. The summed E-state index contributed by atoms with van der Waals surface area (Å²) in [6.45, 7) is 1.82. The van der Waals surface area contributed by atoms with Crippen molar-refractivity contribution in [2.24, 2.45) is 5.73 Å². The highest BCUT2D eigenvalue weighted by Crippen LogP contribution is 2.40. The number of anilines is 1. The number of hydrogen-bond donors (Lipinski definition) is 1. The molecule has 1 aliphatic heterocycles. The Morgan fingerprint density at radius 2 is 1.74 bits per heavy atom. The fraction of sp³-hybridized carbons (Fsp3) is 0.263. The number of carbonyl (C=O) groups is 2. The standard InChI is InChI=1S/C19H17F3N2O2S/c1-11-10-15(17(23)25)14-4-2-3-5-16(14)24(11)18(26)12-6-8-13(9-7-12)27-19(20,21)22/h2-9,11,15H,10H2,1H3,(H2,23,25)/t11-,15-/m1/s1. The van der Waals surface area contributed by atoms with Gasteiger partial charge in [0.25, 0.3) is 5.91 Å². The molecule has 0 radical (unpaired) electrons. The van der Waals surface area contributed by atoms with Crippen LogP contribution in [0.3, 0.4) is 0 Å². The molecule has 2 N–H and O–H groups in total. The summed E-state index contributed by atoms with van der Waals surface area (Å²) < 4.78 is 37.4. The number of fused-ring (bicyclic) bond motifs is 1. The zero-order chi connectivity index (χ0) is 19.8. The van der Waals surface area contributed by atoms with Gasteiger partial charge in [-0.25, -0.2) is 0 Å². The predicted octanol–water partition coefficient (Wildman–Crippen LogP) is 4.31. The Hall–Kier alpha value is -2.48. The summed E-state index contributed by atoms with van der Waals surface area (Å²) in [5.41, 5.74) is 2.68. The van der Waals surface area contributed by atoms with Crippen LogP contribution < -0.4 is 10.6 Å². The number of primary amides is 1. The Morgan fingerprint density at radius 1 is 1.11 bits per heavy atom. The van der Waals surface area contributed by atoms with Gasteiger partial charge in [-0.1, -0.05) is 18.2 Å². The van der Waals surface area contributed by atoms with Gasteiger partial charge in [0.15, 0.2) is 0 Å². The molecule has 2 atom stereocenters. The monoisotopic (exact) mass is 394 g/mol. The van der Waals surface area contributed by atoms with E-state index in [1.54, 1.807) is 29.2 Å².